The van der Waals surface area contributed by atoms with Crippen LogP contribution in [0.5, 0.6) is 0 Å². The van der Waals surface area contributed by atoms with Crippen LogP contribution in [0.4, 0.5) is 4.79 Å². The molecule has 3 rings (SSSR count). The van der Waals surface area contributed by atoms with Crippen LogP contribution in [-0.2, 0) is 16.0 Å². The molecule has 1 aliphatic rings. The summed E-state index contributed by atoms with van der Waals surface area (Å²) >= 11 is 0. The van der Waals surface area contributed by atoms with Crippen LogP contribution in [0.2, 0.25) is 0 Å². The van der Waals surface area contributed by atoms with E-state index in [2.05, 4.69) is 10.3 Å². The molecular weight excluding hydrogens is 466 g/mol. The van der Waals surface area contributed by atoms with Crippen molar-refractivity contribution >= 4 is 18.0 Å². The Morgan fingerprint density at radius 3 is 2.47 bits per heavy atom. The Labute approximate surface area is 210 Å². The van der Waals surface area contributed by atoms with E-state index in [0.717, 1.165) is 23.4 Å². The number of amides is 2. The monoisotopic (exact) mass is 501 g/mol. The first-order valence-corrected chi connectivity index (χ1v) is 12.2. The van der Waals surface area contributed by atoms with Crippen LogP contribution < -0.4 is 0 Å². The zero-order valence-corrected chi connectivity index (χ0v) is 21.0. The van der Waals surface area contributed by atoms with Gasteiger partial charge in [-0.1, -0.05) is 37.3 Å². The number of carboxylic acids is 1. The summed E-state index contributed by atoms with van der Waals surface area (Å²) in [5, 5.41) is 27.8. The van der Waals surface area contributed by atoms with Gasteiger partial charge in [0, 0.05) is 33.4 Å². The summed E-state index contributed by atoms with van der Waals surface area (Å²) in [6, 6.07) is 8.84. The molecule has 2 aromatic rings. The summed E-state index contributed by atoms with van der Waals surface area (Å²) in [4.78, 5) is 40.1. The van der Waals surface area contributed by atoms with E-state index in [-0.39, 0.29) is 37.0 Å². The second-order valence-corrected chi connectivity index (χ2v) is 9.55. The average molecular weight is 502 g/mol. The first-order valence-electron chi connectivity index (χ1n) is 12.2. The second kappa shape index (κ2) is 12.5. The summed E-state index contributed by atoms with van der Waals surface area (Å²) in [6.45, 7) is 4.80. The molecule has 0 aliphatic carbocycles. The highest BCUT2D eigenvalue weighted by Crippen LogP contribution is 2.25. The number of likely N-dealkylation sites (tertiary alicyclic amines) is 1. The molecule has 1 saturated heterocycles. The van der Waals surface area contributed by atoms with Crippen molar-refractivity contribution in [2.75, 3.05) is 33.4 Å². The number of para-hydroxylation sites is 1. The normalized spacial score (nSPS) is 17.8. The molecule has 2 amide bonds. The number of carbonyl (C=O) groups excluding carboxylic acids is 1. The molecule has 0 unspecified atom stereocenters. The van der Waals surface area contributed by atoms with Gasteiger partial charge in [-0.3, -0.25) is 9.59 Å². The molecule has 1 aliphatic heterocycles. The third-order valence-electron chi connectivity index (χ3n) is 6.29. The SMILES string of the molecule is COCCCCc1c(C(=O)N(CC(C)C)[C@H]2C[C@@H](C(=O)O)CN(C(=O)O)C2)nnn1-c1ccccc1. The molecule has 2 atom stereocenters. The summed E-state index contributed by atoms with van der Waals surface area (Å²) in [6.07, 6.45) is 1.09. The Hall–Kier alpha value is -3.47. The minimum atomic E-state index is -1.20. The molecule has 11 heteroatoms. The van der Waals surface area contributed by atoms with Crippen LogP contribution in [0.25, 0.3) is 5.69 Å². The van der Waals surface area contributed by atoms with Gasteiger partial charge in [0.25, 0.3) is 5.91 Å². The van der Waals surface area contributed by atoms with E-state index in [1.54, 1.807) is 16.7 Å². The van der Waals surface area contributed by atoms with Crippen molar-refractivity contribution in [3.63, 3.8) is 0 Å². The number of nitrogens with zero attached hydrogens (tertiary/aromatic N) is 5. The Kier molecular flexibility index (Phi) is 9.40. The predicted molar refractivity (Wildman–Crippen MR) is 131 cm³/mol. The van der Waals surface area contributed by atoms with Crippen molar-refractivity contribution in [2.24, 2.45) is 11.8 Å². The lowest BCUT2D eigenvalue weighted by Crippen LogP contribution is -2.56. The van der Waals surface area contributed by atoms with Crippen molar-refractivity contribution in [3.05, 3.63) is 41.7 Å². The molecule has 0 radical (unpaired) electrons. The van der Waals surface area contributed by atoms with Gasteiger partial charge in [0.15, 0.2) is 5.69 Å². The number of hydrogen-bond donors (Lipinski definition) is 2. The zero-order chi connectivity index (χ0) is 26.2. The average Bonchev–Trinajstić information content (AvgIpc) is 3.28. The van der Waals surface area contributed by atoms with E-state index in [4.69, 9.17) is 4.74 Å². The van der Waals surface area contributed by atoms with Crippen molar-refractivity contribution < 1.29 is 29.3 Å². The molecule has 36 heavy (non-hydrogen) atoms. The third-order valence-corrected chi connectivity index (χ3v) is 6.29. The molecular formula is C25H35N5O6. The fourth-order valence-electron chi connectivity index (χ4n) is 4.57. The van der Waals surface area contributed by atoms with Crippen molar-refractivity contribution in [3.8, 4) is 5.69 Å². The highest BCUT2D eigenvalue weighted by Gasteiger charge is 2.39. The van der Waals surface area contributed by atoms with Gasteiger partial charge >= 0.3 is 12.1 Å². The van der Waals surface area contributed by atoms with Crippen LogP contribution in [0.15, 0.2) is 30.3 Å². The van der Waals surface area contributed by atoms with Gasteiger partial charge in [0.2, 0.25) is 0 Å². The number of ether oxygens (including phenoxy) is 1. The Balaban J connectivity index is 1.98. The van der Waals surface area contributed by atoms with Crippen LogP contribution in [0.1, 0.15) is 49.3 Å². The number of benzene rings is 1. The first-order chi connectivity index (χ1) is 17.2. The maximum atomic E-state index is 14.0. The number of aliphatic carboxylic acids is 1. The molecule has 2 N–H and O–H groups in total. The largest absolute Gasteiger partial charge is 0.481 e. The van der Waals surface area contributed by atoms with Crippen molar-refractivity contribution in [1.82, 2.24) is 24.8 Å². The van der Waals surface area contributed by atoms with Crippen molar-refractivity contribution in [2.45, 2.75) is 45.6 Å². The van der Waals surface area contributed by atoms with Crippen LogP contribution in [0, 0.1) is 11.8 Å². The molecule has 196 valence electrons. The van der Waals surface area contributed by atoms with Crippen LogP contribution in [-0.4, -0.2) is 92.4 Å². The van der Waals surface area contributed by atoms with E-state index in [1.807, 2.05) is 44.2 Å². The predicted octanol–water partition coefficient (Wildman–Crippen LogP) is 2.79. The van der Waals surface area contributed by atoms with Crippen LogP contribution in [0.3, 0.4) is 0 Å². The van der Waals surface area contributed by atoms with E-state index in [1.165, 1.54) is 0 Å². The van der Waals surface area contributed by atoms with E-state index >= 15 is 0 Å². The molecule has 1 aromatic heterocycles. The summed E-state index contributed by atoms with van der Waals surface area (Å²) in [7, 11) is 1.64. The minimum absolute atomic E-state index is 0.0492. The van der Waals surface area contributed by atoms with Crippen molar-refractivity contribution in [1.29, 1.82) is 0 Å². The molecule has 0 saturated carbocycles. The third kappa shape index (κ3) is 6.60. The number of hydrogen-bond acceptors (Lipinski definition) is 6. The van der Waals surface area contributed by atoms with E-state index < -0.39 is 24.0 Å². The van der Waals surface area contributed by atoms with Gasteiger partial charge in [-0.25, -0.2) is 9.48 Å². The molecule has 2 heterocycles. The number of carboxylic acid groups (broad SMARTS) is 2. The number of rotatable bonds is 11. The molecule has 0 spiro atoms. The number of carbonyl (C=O) groups is 3. The highest BCUT2D eigenvalue weighted by molar-refractivity contribution is 5.94. The number of piperidine rings is 1. The van der Waals surface area contributed by atoms with E-state index in [0.29, 0.717) is 25.3 Å². The maximum Gasteiger partial charge on any atom is 0.407 e. The topological polar surface area (TPSA) is 138 Å². The molecule has 1 fully saturated rings. The summed E-state index contributed by atoms with van der Waals surface area (Å²) in [5.74, 6) is -2.26. The quantitative estimate of drug-likeness (QED) is 0.448. The number of unbranched alkanes of at least 4 members (excludes halogenated alkanes) is 1. The highest BCUT2D eigenvalue weighted by atomic mass is 16.5. The Morgan fingerprint density at radius 2 is 1.86 bits per heavy atom. The van der Waals surface area contributed by atoms with Gasteiger partial charge in [-0.2, -0.15) is 0 Å². The molecule has 11 nitrogen and oxygen atoms in total. The van der Waals surface area contributed by atoms with Gasteiger partial charge < -0.3 is 24.7 Å². The van der Waals surface area contributed by atoms with Gasteiger partial charge in [0.05, 0.1) is 23.3 Å². The number of aromatic nitrogens is 3. The lowest BCUT2D eigenvalue weighted by molar-refractivity contribution is -0.144. The Morgan fingerprint density at radius 1 is 1.14 bits per heavy atom. The summed E-state index contributed by atoms with van der Waals surface area (Å²) < 4.78 is 6.82. The fourth-order valence-corrected chi connectivity index (χ4v) is 4.57. The fraction of sp³-hybridized carbons (Fsp3) is 0.560. The zero-order valence-electron chi connectivity index (χ0n) is 21.0. The second-order valence-electron chi connectivity index (χ2n) is 9.55. The molecule has 1 aromatic carbocycles. The standard InChI is InChI=1S/C25H35N5O6/c1-17(2)14-29(20-13-18(24(32)33)15-28(16-20)25(34)35)23(31)22-21(11-7-8-12-36-3)30(27-26-22)19-9-5-4-6-10-19/h4-6,9-10,17-18,20H,7-8,11-16H2,1-3H3,(H,32,33)(H,34,35)/t18-,20+/m1/s1. The van der Waals surface area contributed by atoms with E-state index in [9.17, 15) is 24.6 Å². The lowest BCUT2D eigenvalue weighted by Gasteiger charge is -2.41. The van der Waals surface area contributed by atoms with Gasteiger partial charge in [-0.05, 0) is 43.7 Å². The van der Waals surface area contributed by atoms with Crippen LogP contribution >= 0.6 is 0 Å². The Bertz CT molecular complexity index is 1020. The maximum absolute atomic E-state index is 14.0. The minimum Gasteiger partial charge on any atom is -0.481 e. The van der Waals surface area contributed by atoms with Gasteiger partial charge in [0.1, 0.15) is 0 Å². The first kappa shape index (κ1) is 27.1. The number of methoxy groups -OCH3 is 1. The van der Waals surface area contributed by atoms with Gasteiger partial charge in [-0.15, -0.1) is 5.10 Å². The lowest BCUT2D eigenvalue weighted by atomic mass is 9.92. The smallest absolute Gasteiger partial charge is 0.407 e. The molecule has 0 bridgehead atoms. The summed E-state index contributed by atoms with van der Waals surface area (Å²) in [5.41, 5.74) is 1.65.